The molecule has 0 aliphatic carbocycles. The summed E-state index contributed by atoms with van der Waals surface area (Å²) >= 11 is 1.25. The molecule has 0 aromatic carbocycles. The highest BCUT2D eigenvalue weighted by molar-refractivity contribution is 7.91. The number of nitrogens with zero attached hydrogens (tertiary/aromatic N) is 1. The van der Waals surface area contributed by atoms with E-state index in [4.69, 9.17) is 5.73 Å². The van der Waals surface area contributed by atoms with Crippen LogP contribution in [0.2, 0.25) is 0 Å². The van der Waals surface area contributed by atoms with Gasteiger partial charge in [-0.3, -0.25) is 0 Å². The molecule has 0 aliphatic heterocycles. The first-order chi connectivity index (χ1) is 8.32. The molecular weight excluding hydrogens is 268 g/mol. The van der Waals surface area contributed by atoms with Gasteiger partial charge in [-0.15, -0.1) is 11.3 Å². The van der Waals surface area contributed by atoms with Crippen molar-refractivity contribution in [1.29, 1.82) is 0 Å². The van der Waals surface area contributed by atoms with E-state index >= 15 is 0 Å². The Morgan fingerprint density at radius 3 is 2.56 bits per heavy atom. The highest BCUT2D eigenvalue weighted by atomic mass is 32.2. The number of hydrogen-bond donors (Lipinski definition) is 1. The second-order valence-electron chi connectivity index (χ2n) is 4.26. The van der Waals surface area contributed by atoms with Gasteiger partial charge in [-0.1, -0.05) is 19.1 Å². The van der Waals surface area contributed by atoms with Crippen LogP contribution in [-0.2, 0) is 16.6 Å². The molecule has 0 atom stereocenters. The lowest BCUT2D eigenvalue weighted by Gasteiger charge is -2.19. The van der Waals surface area contributed by atoms with Gasteiger partial charge in [0.2, 0.25) is 0 Å². The molecule has 18 heavy (non-hydrogen) atoms. The summed E-state index contributed by atoms with van der Waals surface area (Å²) in [5.74, 6) is 0. The summed E-state index contributed by atoms with van der Waals surface area (Å²) in [4.78, 5) is 0.917. The second-order valence-corrected chi connectivity index (χ2v) is 7.57. The maximum Gasteiger partial charge on any atom is 0.252 e. The molecule has 102 valence electrons. The van der Waals surface area contributed by atoms with Gasteiger partial charge in [0.15, 0.2) is 0 Å². The van der Waals surface area contributed by atoms with E-state index in [0.29, 0.717) is 23.8 Å². The fraction of sp³-hybridized carbons (Fsp3) is 0.500. The molecule has 0 aliphatic rings. The molecule has 0 spiro atoms. The lowest BCUT2D eigenvalue weighted by atomic mass is 10.3. The molecule has 0 fully saturated rings. The summed E-state index contributed by atoms with van der Waals surface area (Å²) in [5.41, 5.74) is 7.35. The molecule has 1 aromatic heterocycles. The molecule has 1 aromatic rings. The first-order valence-electron chi connectivity index (χ1n) is 5.76. The van der Waals surface area contributed by atoms with E-state index in [1.807, 2.05) is 20.8 Å². The third kappa shape index (κ3) is 3.20. The van der Waals surface area contributed by atoms with Crippen molar-refractivity contribution >= 4 is 21.4 Å². The summed E-state index contributed by atoms with van der Waals surface area (Å²) in [5, 5.41) is 0. The van der Waals surface area contributed by atoms with Gasteiger partial charge in [-0.2, -0.15) is 4.31 Å². The van der Waals surface area contributed by atoms with Crippen molar-refractivity contribution in [1.82, 2.24) is 4.31 Å². The average Bonchev–Trinajstić information content (AvgIpc) is 2.67. The molecule has 2 N–H and O–H groups in total. The Labute approximate surface area is 113 Å². The Morgan fingerprint density at radius 1 is 1.56 bits per heavy atom. The van der Waals surface area contributed by atoms with E-state index in [1.54, 1.807) is 6.07 Å². The normalized spacial score (nSPS) is 12.1. The van der Waals surface area contributed by atoms with Crippen LogP contribution in [0.3, 0.4) is 0 Å². The highest BCUT2D eigenvalue weighted by Gasteiger charge is 2.25. The molecule has 4 nitrogen and oxygen atoms in total. The predicted molar refractivity (Wildman–Crippen MR) is 76.2 cm³/mol. The van der Waals surface area contributed by atoms with Gasteiger partial charge >= 0.3 is 0 Å². The van der Waals surface area contributed by atoms with Gasteiger partial charge < -0.3 is 5.73 Å². The van der Waals surface area contributed by atoms with Crippen molar-refractivity contribution in [2.45, 2.75) is 31.5 Å². The summed E-state index contributed by atoms with van der Waals surface area (Å²) in [6.07, 6.45) is 0. The molecule has 0 saturated carbocycles. The van der Waals surface area contributed by atoms with Crippen molar-refractivity contribution in [2.24, 2.45) is 5.73 Å². The summed E-state index contributed by atoms with van der Waals surface area (Å²) in [6.45, 7) is 10.5. The first-order valence-corrected chi connectivity index (χ1v) is 8.02. The van der Waals surface area contributed by atoms with Crippen LogP contribution in [0.5, 0.6) is 0 Å². The third-order valence-electron chi connectivity index (χ3n) is 2.58. The van der Waals surface area contributed by atoms with E-state index in [2.05, 4.69) is 6.58 Å². The maximum atomic E-state index is 12.4. The van der Waals surface area contributed by atoms with Gasteiger partial charge in [0.05, 0.1) is 0 Å². The summed E-state index contributed by atoms with van der Waals surface area (Å²) in [7, 11) is -3.42. The fourth-order valence-electron chi connectivity index (χ4n) is 1.61. The van der Waals surface area contributed by atoms with Crippen LogP contribution in [0, 0.1) is 6.92 Å². The molecule has 6 heteroatoms. The Balaban J connectivity index is 3.14. The third-order valence-corrected chi connectivity index (χ3v) is 6.21. The lowest BCUT2D eigenvalue weighted by Crippen LogP contribution is -2.31. The minimum atomic E-state index is -3.42. The minimum absolute atomic E-state index is 0.355. The largest absolute Gasteiger partial charge is 0.326 e. The molecular formula is C12H20N2O2S2. The predicted octanol–water partition coefficient (Wildman–Crippen LogP) is 2.10. The Morgan fingerprint density at radius 2 is 2.17 bits per heavy atom. The quantitative estimate of drug-likeness (QED) is 0.815. The van der Waals surface area contributed by atoms with Crippen LogP contribution in [0.15, 0.2) is 22.4 Å². The summed E-state index contributed by atoms with van der Waals surface area (Å²) < 4.78 is 26.7. The van der Waals surface area contributed by atoms with Crippen molar-refractivity contribution in [3.8, 4) is 0 Å². The fourth-order valence-corrected chi connectivity index (χ4v) is 4.74. The number of sulfonamides is 1. The molecule has 0 saturated heterocycles. The Kier molecular flexibility index (Phi) is 5.10. The zero-order valence-corrected chi connectivity index (χ0v) is 12.7. The average molecular weight is 288 g/mol. The number of thiophene rings is 1. The molecule has 0 radical (unpaired) electrons. The molecule has 1 rings (SSSR count). The number of nitrogens with two attached hydrogens (primary N) is 1. The van der Waals surface area contributed by atoms with Gasteiger partial charge in [0.1, 0.15) is 4.21 Å². The van der Waals surface area contributed by atoms with E-state index in [0.717, 1.165) is 16.0 Å². The van der Waals surface area contributed by atoms with E-state index in [-0.39, 0.29) is 0 Å². The zero-order valence-electron chi connectivity index (χ0n) is 11.1. The van der Waals surface area contributed by atoms with E-state index in [9.17, 15) is 8.42 Å². The zero-order chi connectivity index (χ0) is 13.9. The van der Waals surface area contributed by atoms with Gasteiger partial charge in [-0.25, -0.2) is 8.42 Å². The van der Waals surface area contributed by atoms with Gasteiger partial charge in [0.25, 0.3) is 10.0 Å². The van der Waals surface area contributed by atoms with Crippen molar-refractivity contribution in [3.05, 3.63) is 28.7 Å². The molecule has 0 amide bonds. The molecule has 0 bridgehead atoms. The SMILES string of the molecule is C=C(C)CN(CC)S(=O)(=O)c1cc(C)c(CN)s1. The number of likely N-dealkylation sites (N-methyl/N-ethyl adjacent to an activating group) is 1. The van der Waals surface area contributed by atoms with E-state index in [1.165, 1.54) is 15.6 Å². The Bertz CT molecular complexity index is 532. The first kappa shape index (κ1) is 15.4. The monoisotopic (exact) mass is 288 g/mol. The molecule has 1 heterocycles. The number of aryl methyl sites for hydroxylation is 1. The molecule has 0 unspecified atom stereocenters. The smallest absolute Gasteiger partial charge is 0.252 e. The highest BCUT2D eigenvalue weighted by Crippen LogP contribution is 2.28. The topological polar surface area (TPSA) is 63.4 Å². The Hall–Kier alpha value is -0.690. The standard InChI is InChI=1S/C12H20N2O2S2/c1-5-14(8-9(2)3)18(15,16)12-6-10(4)11(7-13)17-12/h6H,2,5,7-8,13H2,1,3-4H3. The van der Waals surface area contributed by atoms with Crippen molar-refractivity contribution < 1.29 is 8.42 Å². The summed E-state index contributed by atoms with van der Waals surface area (Å²) in [6, 6.07) is 1.70. The minimum Gasteiger partial charge on any atom is -0.326 e. The van der Waals surface area contributed by atoms with Crippen LogP contribution in [-0.4, -0.2) is 25.8 Å². The number of rotatable bonds is 6. The van der Waals surface area contributed by atoms with Crippen molar-refractivity contribution in [3.63, 3.8) is 0 Å². The second kappa shape index (κ2) is 5.97. The van der Waals surface area contributed by atoms with E-state index < -0.39 is 10.0 Å². The maximum absolute atomic E-state index is 12.4. The van der Waals surface area contributed by atoms with Gasteiger partial charge in [-0.05, 0) is 25.5 Å². The van der Waals surface area contributed by atoms with Crippen LogP contribution in [0.4, 0.5) is 0 Å². The van der Waals surface area contributed by atoms with Gasteiger partial charge in [0, 0.05) is 24.5 Å². The van der Waals surface area contributed by atoms with Crippen molar-refractivity contribution in [2.75, 3.05) is 13.1 Å². The lowest BCUT2D eigenvalue weighted by molar-refractivity contribution is 0.454. The van der Waals surface area contributed by atoms with Crippen LogP contribution >= 0.6 is 11.3 Å². The van der Waals surface area contributed by atoms with Crippen LogP contribution in [0.1, 0.15) is 24.3 Å². The van der Waals surface area contributed by atoms with Crippen LogP contribution in [0.25, 0.3) is 0 Å². The number of hydrogen-bond acceptors (Lipinski definition) is 4. The van der Waals surface area contributed by atoms with Crippen LogP contribution < -0.4 is 5.73 Å².